The number of unbranched alkanes of at least 4 members (excludes halogenated alkanes) is 4. The van der Waals surface area contributed by atoms with Crippen LogP contribution in [0.3, 0.4) is 0 Å². The van der Waals surface area contributed by atoms with Crippen LogP contribution in [0.4, 0.5) is 0 Å². The van der Waals surface area contributed by atoms with Gasteiger partial charge in [-0.15, -0.1) is 0 Å². The molecule has 1 atom stereocenters. The molecule has 0 aromatic heterocycles. The molecule has 0 radical (unpaired) electrons. The van der Waals surface area contributed by atoms with Crippen molar-refractivity contribution in [3.05, 3.63) is 0 Å². The third-order valence-corrected chi connectivity index (χ3v) is 3.41. The summed E-state index contributed by atoms with van der Waals surface area (Å²) < 4.78 is 5.22. The fourth-order valence-electron chi connectivity index (χ4n) is 1.71. The number of rotatable bonds is 11. The van der Waals surface area contributed by atoms with Gasteiger partial charge in [0.05, 0.1) is 6.61 Å². The zero-order chi connectivity index (χ0) is 14.5. The van der Waals surface area contributed by atoms with Crippen LogP contribution in [0.1, 0.15) is 52.4 Å². The first-order valence-electron chi connectivity index (χ1n) is 7.04. The zero-order valence-corrected chi connectivity index (χ0v) is 13.2. The van der Waals surface area contributed by atoms with E-state index in [-0.39, 0.29) is 11.9 Å². The number of amides is 1. The maximum absolute atomic E-state index is 11.8. The van der Waals surface area contributed by atoms with Gasteiger partial charge in [-0.25, -0.2) is 4.79 Å². The van der Waals surface area contributed by atoms with E-state index in [9.17, 15) is 9.59 Å². The predicted molar refractivity (Wildman–Crippen MR) is 80.3 cm³/mol. The molecule has 4 nitrogen and oxygen atoms in total. The Balaban J connectivity index is 3.86. The third kappa shape index (κ3) is 10.9. The highest BCUT2D eigenvalue weighted by Gasteiger charge is 2.20. The second-order valence-corrected chi connectivity index (χ2v) is 5.60. The molecule has 5 heteroatoms. The minimum atomic E-state index is -0.499. The first kappa shape index (κ1) is 18.3. The van der Waals surface area contributed by atoms with Crippen molar-refractivity contribution < 1.29 is 14.3 Å². The van der Waals surface area contributed by atoms with Crippen molar-refractivity contribution in [2.75, 3.05) is 18.6 Å². The number of hydrogen-bond donors (Lipinski definition) is 1. The molecule has 0 aliphatic heterocycles. The quantitative estimate of drug-likeness (QED) is 0.469. The number of carbonyl (C=O) groups is 2. The van der Waals surface area contributed by atoms with Gasteiger partial charge in [-0.2, -0.15) is 11.8 Å². The second-order valence-electron chi connectivity index (χ2n) is 4.62. The van der Waals surface area contributed by atoms with Crippen LogP contribution in [0.15, 0.2) is 0 Å². The van der Waals surface area contributed by atoms with E-state index in [0.29, 0.717) is 13.0 Å². The molecule has 0 bridgehead atoms. The molecule has 0 spiro atoms. The largest absolute Gasteiger partial charge is 0.464 e. The molecule has 0 heterocycles. The maximum atomic E-state index is 11.8. The highest BCUT2D eigenvalue weighted by molar-refractivity contribution is 7.98. The molecular formula is C14H27NO3S. The van der Waals surface area contributed by atoms with Crippen LogP contribution < -0.4 is 5.32 Å². The molecule has 1 N–H and O–H groups in total. The summed E-state index contributed by atoms with van der Waals surface area (Å²) in [7, 11) is 0. The van der Waals surface area contributed by atoms with Gasteiger partial charge in [-0.1, -0.05) is 32.6 Å². The normalized spacial score (nSPS) is 11.9. The fraction of sp³-hybridized carbons (Fsp3) is 0.857. The third-order valence-electron chi connectivity index (χ3n) is 2.76. The Kier molecular flexibility index (Phi) is 11.9. The Morgan fingerprint density at radius 1 is 1.21 bits per heavy atom. The average Bonchev–Trinajstić information content (AvgIpc) is 2.37. The standard InChI is InChI=1S/C14H27NO3S/c1-4-5-6-7-8-10-18-14(17)13(9-11-19-3)15-12(2)16/h13H,4-11H2,1-3H3,(H,15,16)/t13-/m0/s1. The van der Waals surface area contributed by atoms with Crippen molar-refractivity contribution in [3.63, 3.8) is 0 Å². The number of thioether (sulfide) groups is 1. The van der Waals surface area contributed by atoms with Gasteiger partial charge >= 0.3 is 5.97 Å². The van der Waals surface area contributed by atoms with E-state index in [0.717, 1.165) is 18.6 Å². The predicted octanol–water partition coefficient (Wildman–Crippen LogP) is 2.76. The van der Waals surface area contributed by atoms with Crippen LogP contribution in [-0.4, -0.2) is 36.5 Å². The van der Waals surface area contributed by atoms with Gasteiger partial charge < -0.3 is 10.1 Å². The van der Waals surface area contributed by atoms with E-state index in [4.69, 9.17) is 4.74 Å². The van der Waals surface area contributed by atoms with Gasteiger partial charge in [0.15, 0.2) is 0 Å². The van der Waals surface area contributed by atoms with Crippen molar-refractivity contribution in [2.45, 2.75) is 58.4 Å². The average molecular weight is 289 g/mol. The molecule has 0 saturated heterocycles. The van der Waals surface area contributed by atoms with Crippen LogP contribution in [-0.2, 0) is 14.3 Å². The van der Waals surface area contributed by atoms with Gasteiger partial charge in [0.25, 0.3) is 0 Å². The molecule has 0 aromatic carbocycles. The van der Waals surface area contributed by atoms with E-state index < -0.39 is 6.04 Å². The van der Waals surface area contributed by atoms with E-state index in [1.165, 1.54) is 26.2 Å². The fourth-order valence-corrected chi connectivity index (χ4v) is 2.18. The number of ether oxygens (including phenoxy) is 1. The number of carbonyl (C=O) groups excluding carboxylic acids is 2. The van der Waals surface area contributed by atoms with Crippen LogP contribution in [0.5, 0.6) is 0 Å². The highest BCUT2D eigenvalue weighted by Crippen LogP contribution is 2.05. The van der Waals surface area contributed by atoms with E-state index in [1.807, 2.05) is 6.26 Å². The Hall–Kier alpha value is -0.710. The SMILES string of the molecule is CCCCCCCOC(=O)[C@H](CCSC)NC(C)=O. The first-order valence-corrected chi connectivity index (χ1v) is 8.43. The van der Waals surface area contributed by atoms with Crippen molar-refractivity contribution in [2.24, 2.45) is 0 Å². The summed E-state index contributed by atoms with van der Waals surface area (Å²) in [5.41, 5.74) is 0. The molecule has 0 rings (SSSR count). The zero-order valence-electron chi connectivity index (χ0n) is 12.4. The molecule has 0 fully saturated rings. The lowest BCUT2D eigenvalue weighted by Gasteiger charge is -2.16. The Morgan fingerprint density at radius 3 is 2.47 bits per heavy atom. The van der Waals surface area contributed by atoms with Gasteiger partial charge in [-0.05, 0) is 24.9 Å². The van der Waals surface area contributed by atoms with Crippen molar-refractivity contribution in [3.8, 4) is 0 Å². The van der Waals surface area contributed by atoms with Gasteiger partial charge in [0.1, 0.15) is 6.04 Å². The van der Waals surface area contributed by atoms with Gasteiger partial charge in [0, 0.05) is 6.92 Å². The Labute approximate surface area is 121 Å². The lowest BCUT2D eigenvalue weighted by Crippen LogP contribution is -2.41. The summed E-state index contributed by atoms with van der Waals surface area (Å²) in [6.07, 6.45) is 8.22. The molecule has 0 aliphatic rings. The van der Waals surface area contributed by atoms with E-state index >= 15 is 0 Å². The summed E-state index contributed by atoms with van der Waals surface area (Å²) in [5, 5.41) is 2.65. The highest BCUT2D eigenvalue weighted by atomic mass is 32.2. The van der Waals surface area contributed by atoms with E-state index in [2.05, 4.69) is 12.2 Å². The van der Waals surface area contributed by atoms with Crippen LogP contribution in [0.2, 0.25) is 0 Å². The number of esters is 1. The van der Waals surface area contributed by atoms with E-state index in [1.54, 1.807) is 11.8 Å². The maximum Gasteiger partial charge on any atom is 0.328 e. The number of nitrogens with one attached hydrogen (secondary N) is 1. The lowest BCUT2D eigenvalue weighted by molar-refractivity contribution is -0.147. The molecule has 0 aliphatic carbocycles. The van der Waals surface area contributed by atoms with Crippen LogP contribution in [0.25, 0.3) is 0 Å². The monoisotopic (exact) mass is 289 g/mol. The minimum absolute atomic E-state index is 0.189. The first-order chi connectivity index (χ1) is 9.11. The summed E-state index contributed by atoms with van der Waals surface area (Å²) in [6.45, 7) is 4.05. The van der Waals surface area contributed by atoms with Gasteiger partial charge in [-0.3, -0.25) is 4.79 Å². The molecule has 19 heavy (non-hydrogen) atoms. The van der Waals surface area contributed by atoms with Crippen molar-refractivity contribution in [1.29, 1.82) is 0 Å². The van der Waals surface area contributed by atoms with Crippen molar-refractivity contribution >= 4 is 23.6 Å². The van der Waals surface area contributed by atoms with Crippen LogP contribution in [0, 0.1) is 0 Å². The molecule has 0 saturated carbocycles. The van der Waals surface area contributed by atoms with Gasteiger partial charge in [0.2, 0.25) is 5.91 Å². The summed E-state index contributed by atoms with van der Waals surface area (Å²) in [5.74, 6) is 0.335. The Morgan fingerprint density at radius 2 is 1.89 bits per heavy atom. The smallest absolute Gasteiger partial charge is 0.328 e. The van der Waals surface area contributed by atoms with Crippen molar-refractivity contribution in [1.82, 2.24) is 5.32 Å². The van der Waals surface area contributed by atoms with Crippen LogP contribution >= 0.6 is 11.8 Å². The second kappa shape index (κ2) is 12.3. The molecule has 0 unspecified atom stereocenters. The summed E-state index contributed by atoms with van der Waals surface area (Å²) >= 11 is 1.65. The molecule has 112 valence electrons. The summed E-state index contributed by atoms with van der Waals surface area (Å²) in [4.78, 5) is 22.9. The lowest BCUT2D eigenvalue weighted by atomic mass is 10.2. The Bertz CT molecular complexity index is 259. The minimum Gasteiger partial charge on any atom is -0.464 e. The number of hydrogen-bond acceptors (Lipinski definition) is 4. The molecule has 0 aromatic rings. The molecule has 1 amide bonds. The molecular weight excluding hydrogens is 262 g/mol. The summed E-state index contributed by atoms with van der Waals surface area (Å²) in [6, 6.07) is -0.499. The topological polar surface area (TPSA) is 55.4 Å².